The standard InChI is InChI=1S/C10H19F3N2O2/c1-2-14-7-9-8-16-5-3-15(9)4-6-17-10(11,12)13/h9,14H,2-8H2,1H3. The first-order valence-corrected chi connectivity index (χ1v) is 5.76. The molecular weight excluding hydrogens is 237 g/mol. The molecule has 4 nitrogen and oxygen atoms in total. The summed E-state index contributed by atoms with van der Waals surface area (Å²) in [6, 6.07) is 0.125. The molecule has 0 bridgehead atoms. The Balaban J connectivity index is 2.27. The predicted molar refractivity (Wildman–Crippen MR) is 56.7 cm³/mol. The van der Waals surface area contributed by atoms with E-state index in [-0.39, 0.29) is 19.2 Å². The van der Waals surface area contributed by atoms with Gasteiger partial charge in [-0.2, -0.15) is 0 Å². The normalized spacial score (nSPS) is 22.9. The fraction of sp³-hybridized carbons (Fsp3) is 1.00. The van der Waals surface area contributed by atoms with E-state index in [1.165, 1.54) is 0 Å². The molecule has 17 heavy (non-hydrogen) atoms. The van der Waals surface area contributed by atoms with Gasteiger partial charge in [-0.15, -0.1) is 13.2 Å². The fourth-order valence-corrected chi connectivity index (χ4v) is 1.76. The lowest BCUT2D eigenvalue weighted by atomic mass is 10.2. The number of rotatable bonds is 6. The number of ether oxygens (including phenoxy) is 2. The van der Waals surface area contributed by atoms with Gasteiger partial charge in [-0.3, -0.25) is 9.64 Å². The quantitative estimate of drug-likeness (QED) is 0.763. The number of likely N-dealkylation sites (N-methyl/N-ethyl adjacent to an activating group) is 1. The zero-order valence-electron chi connectivity index (χ0n) is 9.92. The number of hydrogen-bond donors (Lipinski definition) is 1. The molecule has 0 aliphatic carbocycles. The Morgan fingerprint density at radius 2 is 2.24 bits per heavy atom. The van der Waals surface area contributed by atoms with E-state index in [1.54, 1.807) is 0 Å². The number of alkyl halides is 3. The maximum atomic E-state index is 11.8. The molecule has 1 saturated heterocycles. The van der Waals surface area contributed by atoms with Crippen LogP contribution in [-0.2, 0) is 9.47 Å². The lowest BCUT2D eigenvalue weighted by Crippen LogP contribution is -2.51. The summed E-state index contributed by atoms with van der Waals surface area (Å²) in [7, 11) is 0. The summed E-state index contributed by atoms with van der Waals surface area (Å²) in [4.78, 5) is 1.97. The van der Waals surface area contributed by atoms with Gasteiger partial charge < -0.3 is 10.1 Å². The number of hydrogen-bond acceptors (Lipinski definition) is 4. The first kappa shape index (κ1) is 14.7. The lowest BCUT2D eigenvalue weighted by molar-refractivity contribution is -0.325. The second-order valence-electron chi connectivity index (χ2n) is 3.87. The predicted octanol–water partition coefficient (Wildman–Crippen LogP) is 0.833. The minimum Gasteiger partial charge on any atom is -0.378 e. The Kier molecular flexibility index (Phi) is 6.18. The molecule has 7 heteroatoms. The highest BCUT2D eigenvalue weighted by atomic mass is 19.4. The summed E-state index contributed by atoms with van der Waals surface area (Å²) in [5, 5.41) is 3.17. The SMILES string of the molecule is CCNCC1COCCN1CCOC(F)(F)F. The van der Waals surface area contributed by atoms with Crippen LogP contribution in [0.3, 0.4) is 0 Å². The second-order valence-corrected chi connectivity index (χ2v) is 3.87. The third-order valence-corrected chi connectivity index (χ3v) is 2.62. The zero-order valence-corrected chi connectivity index (χ0v) is 9.92. The van der Waals surface area contributed by atoms with Crippen molar-refractivity contribution < 1.29 is 22.6 Å². The Hall–Kier alpha value is -0.370. The summed E-state index contributed by atoms with van der Waals surface area (Å²) >= 11 is 0. The largest absolute Gasteiger partial charge is 0.522 e. The molecule has 102 valence electrons. The number of halogens is 3. The summed E-state index contributed by atoms with van der Waals surface area (Å²) in [5.41, 5.74) is 0. The zero-order chi connectivity index (χ0) is 12.7. The van der Waals surface area contributed by atoms with Crippen LogP contribution in [0.2, 0.25) is 0 Å². The molecule has 1 fully saturated rings. The minimum atomic E-state index is -4.54. The van der Waals surface area contributed by atoms with E-state index in [2.05, 4.69) is 10.1 Å². The van der Waals surface area contributed by atoms with Crippen molar-refractivity contribution in [3.05, 3.63) is 0 Å². The molecule has 0 amide bonds. The Labute approximate surface area is 99.1 Å². The monoisotopic (exact) mass is 256 g/mol. The highest BCUT2D eigenvalue weighted by Gasteiger charge is 2.30. The van der Waals surface area contributed by atoms with Gasteiger partial charge in [-0.05, 0) is 6.54 Å². The molecule has 1 rings (SSSR count). The first-order valence-electron chi connectivity index (χ1n) is 5.76. The highest BCUT2D eigenvalue weighted by Crippen LogP contribution is 2.16. The Bertz CT molecular complexity index is 214. The van der Waals surface area contributed by atoms with Gasteiger partial charge >= 0.3 is 6.36 Å². The van der Waals surface area contributed by atoms with Gasteiger partial charge in [0.05, 0.1) is 19.8 Å². The molecule has 0 saturated carbocycles. The van der Waals surface area contributed by atoms with Crippen molar-refractivity contribution in [1.82, 2.24) is 10.2 Å². The fourth-order valence-electron chi connectivity index (χ4n) is 1.76. The van der Waals surface area contributed by atoms with Gasteiger partial charge in [0.1, 0.15) is 0 Å². The summed E-state index contributed by atoms with van der Waals surface area (Å²) in [5.74, 6) is 0. The molecule has 0 aromatic carbocycles. The highest BCUT2D eigenvalue weighted by molar-refractivity contribution is 4.77. The van der Waals surface area contributed by atoms with Crippen LogP contribution in [0, 0.1) is 0 Å². The molecule has 0 aromatic rings. The molecular formula is C10H19F3N2O2. The van der Waals surface area contributed by atoms with Crippen LogP contribution in [0.5, 0.6) is 0 Å². The van der Waals surface area contributed by atoms with Crippen LogP contribution < -0.4 is 5.32 Å². The van der Waals surface area contributed by atoms with Crippen molar-refractivity contribution in [3.8, 4) is 0 Å². The number of morpholine rings is 1. The van der Waals surface area contributed by atoms with Crippen LogP contribution >= 0.6 is 0 Å². The number of nitrogens with one attached hydrogen (secondary N) is 1. The van der Waals surface area contributed by atoms with E-state index in [0.29, 0.717) is 19.8 Å². The second kappa shape index (κ2) is 7.15. The molecule has 1 aliphatic heterocycles. The third kappa shape index (κ3) is 6.21. The molecule has 0 spiro atoms. The van der Waals surface area contributed by atoms with Crippen LogP contribution in [0.25, 0.3) is 0 Å². The average Bonchev–Trinajstić information content (AvgIpc) is 2.26. The molecule has 0 aromatic heterocycles. The van der Waals surface area contributed by atoms with Crippen molar-refractivity contribution in [2.75, 3.05) is 46.0 Å². The van der Waals surface area contributed by atoms with Gasteiger partial charge in [0, 0.05) is 25.7 Å². The molecule has 1 atom stereocenters. The van der Waals surface area contributed by atoms with Gasteiger partial charge in [-0.25, -0.2) is 0 Å². The summed E-state index contributed by atoms with van der Waals surface area (Å²) in [6.45, 7) is 5.27. The smallest absolute Gasteiger partial charge is 0.378 e. The van der Waals surface area contributed by atoms with Crippen molar-refractivity contribution in [2.24, 2.45) is 0 Å². The van der Waals surface area contributed by atoms with Crippen LogP contribution in [0.1, 0.15) is 6.92 Å². The maximum absolute atomic E-state index is 11.8. The molecule has 1 heterocycles. The maximum Gasteiger partial charge on any atom is 0.522 e. The summed E-state index contributed by atoms with van der Waals surface area (Å²) in [6.07, 6.45) is -4.54. The minimum absolute atomic E-state index is 0.125. The van der Waals surface area contributed by atoms with Crippen molar-refractivity contribution in [3.63, 3.8) is 0 Å². The van der Waals surface area contributed by atoms with Crippen molar-refractivity contribution in [2.45, 2.75) is 19.3 Å². The number of nitrogens with zero attached hydrogens (tertiary/aromatic N) is 1. The van der Waals surface area contributed by atoms with E-state index in [1.807, 2.05) is 11.8 Å². The average molecular weight is 256 g/mol. The summed E-state index contributed by atoms with van der Waals surface area (Å²) < 4.78 is 44.6. The topological polar surface area (TPSA) is 33.7 Å². The van der Waals surface area contributed by atoms with Gasteiger partial charge in [0.15, 0.2) is 0 Å². The van der Waals surface area contributed by atoms with Gasteiger partial charge in [0.25, 0.3) is 0 Å². The van der Waals surface area contributed by atoms with Crippen LogP contribution in [0.15, 0.2) is 0 Å². The molecule has 1 unspecified atom stereocenters. The Morgan fingerprint density at radius 3 is 2.88 bits per heavy atom. The third-order valence-electron chi connectivity index (χ3n) is 2.62. The van der Waals surface area contributed by atoms with E-state index >= 15 is 0 Å². The van der Waals surface area contributed by atoms with E-state index in [0.717, 1.165) is 13.1 Å². The first-order chi connectivity index (χ1) is 8.03. The molecule has 1 N–H and O–H groups in total. The van der Waals surface area contributed by atoms with E-state index in [9.17, 15) is 13.2 Å². The van der Waals surface area contributed by atoms with Crippen molar-refractivity contribution >= 4 is 0 Å². The Morgan fingerprint density at radius 1 is 1.47 bits per heavy atom. The van der Waals surface area contributed by atoms with Crippen molar-refractivity contribution in [1.29, 1.82) is 0 Å². The van der Waals surface area contributed by atoms with Gasteiger partial charge in [-0.1, -0.05) is 6.92 Å². The molecule has 0 radical (unpaired) electrons. The lowest BCUT2D eigenvalue weighted by Gasteiger charge is -2.35. The van der Waals surface area contributed by atoms with E-state index in [4.69, 9.17) is 4.74 Å². The van der Waals surface area contributed by atoms with Gasteiger partial charge in [0.2, 0.25) is 0 Å². The van der Waals surface area contributed by atoms with E-state index < -0.39 is 6.36 Å². The van der Waals surface area contributed by atoms with Crippen LogP contribution in [-0.4, -0.2) is 63.3 Å². The van der Waals surface area contributed by atoms with Crippen LogP contribution in [0.4, 0.5) is 13.2 Å². The molecule has 1 aliphatic rings.